The summed E-state index contributed by atoms with van der Waals surface area (Å²) in [4.78, 5) is 24.2. The van der Waals surface area contributed by atoms with Crippen LogP contribution in [-0.4, -0.2) is 35.1 Å². The van der Waals surface area contributed by atoms with Crippen LogP contribution in [0.25, 0.3) is 0 Å². The minimum atomic E-state index is -2.74. The molecule has 2 rings (SSSR count). The van der Waals surface area contributed by atoms with Crippen LogP contribution >= 0.6 is 11.6 Å². The lowest BCUT2D eigenvalue weighted by atomic mass is 10.1. The number of alkyl halides is 2. The number of amides is 2. The van der Waals surface area contributed by atoms with Gasteiger partial charge in [-0.25, -0.2) is 13.6 Å². The van der Waals surface area contributed by atoms with Gasteiger partial charge in [-0.3, -0.25) is 4.79 Å². The van der Waals surface area contributed by atoms with Crippen molar-refractivity contribution in [1.29, 1.82) is 0 Å². The van der Waals surface area contributed by atoms with E-state index in [0.717, 1.165) is 0 Å². The van der Waals surface area contributed by atoms with E-state index >= 15 is 0 Å². The van der Waals surface area contributed by atoms with Gasteiger partial charge in [0.2, 0.25) is 0 Å². The van der Waals surface area contributed by atoms with Crippen molar-refractivity contribution in [2.45, 2.75) is 12.8 Å². The maximum atomic E-state index is 12.7. The smallest absolute Gasteiger partial charge is 0.321 e. The Hall–Kier alpha value is -1.89. The Morgan fingerprint density at radius 1 is 1.43 bits per heavy atom. The van der Waals surface area contributed by atoms with Crippen molar-refractivity contribution in [3.05, 3.63) is 28.8 Å². The Bertz CT molecular complexity index is 568. The first-order valence-electron chi connectivity index (χ1n) is 6.25. The van der Waals surface area contributed by atoms with Gasteiger partial charge in [-0.05, 0) is 12.5 Å². The summed E-state index contributed by atoms with van der Waals surface area (Å²) in [6.45, 7) is 0.391. The van der Waals surface area contributed by atoms with Crippen molar-refractivity contribution >= 4 is 29.3 Å². The molecule has 8 heteroatoms. The number of nitrogens with zero attached hydrogens (tertiary/aromatic N) is 1. The number of benzene rings is 1. The van der Waals surface area contributed by atoms with E-state index < -0.39 is 24.3 Å². The molecule has 1 heterocycles. The summed E-state index contributed by atoms with van der Waals surface area (Å²) < 4.78 is 25.4. The minimum Gasteiger partial charge on any atom is -0.481 e. The first-order chi connectivity index (χ1) is 9.90. The van der Waals surface area contributed by atoms with Crippen molar-refractivity contribution < 1.29 is 23.5 Å². The number of anilines is 1. The van der Waals surface area contributed by atoms with Gasteiger partial charge in [-0.1, -0.05) is 23.7 Å². The average Bonchev–Trinajstić information content (AvgIpc) is 2.90. The first-order valence-corrected chi connectivity index (χ1v) is 6.63. The lowest BCUT2D eigenvalue weighted by Crippen LogP contribution is -2.33. The Labute approximate surface area is 124 Å². The Morgan fingerprint density at radius 3 is 2.71 bits per heavy atom. The zero-order valence-electron chi connectivity index (χ0n) is 10.9. The summed E-state index contributed by atoms with van der Waals surface area (Å²) in [5, 5.41) is 11.1. The number of rotatable bonds is 3. The fourth-order valence-corrected chi connectivity index (χ4v) is 2.41. The number of carbonyl (C=O) groups excluding carboxylic acids is 1. The van der Waals surface area contributed by atoms with Crippen molar-refractivity contribution in [3.8, 4) is 0 Å². The number of hydrogen-bond donors (Lipinski definition) is 2. The maximum absolute atomic E-state index is 12.7. The first kappa shape index (κ1) is 15.5. The molecule has 0 saturated carbocycles. The molecule has 0 aliphatic carbocycles. The summed E-state index contributed by atoms with van der Waals surface area (Å²) in [6, 6.07) is 3.41. The van der Waals surface area contributed by atoms with E-state index in [1.54, 1.807) is 0 Å². The predicted molar refractivity (Wildman–Crippen MR) is 72.7 cm³/mol. The molecule has 2 amide bonds. The minimum absolute atomic E-state index is 0.0817. The second-order valence-corrected chi connectivity index (χ2v) is 5.09. The number of aliphatic carboxylic acids is 1. The Morgan fingerprint density at radius 2 is 2.14 bits per heavy atom. The SMILES string of the molecule is O=C(O)C1CCN(C(=O)Nc2cccc(C(F)F)c2Cl)C1. The lowest BCUT2D eigenvalue weighted by Gasteiger charge is -2.18. The molecule has 0 spiro atoms. The highest BCUT2D eigenvalue weighted by Gasteiger charge is 2.31. The van der Waals surface area contributed by atoms with E-state index in [1.165, 1.54) is 23.1 Å². The van der Waals surface area contributed by atoms with Crippen LogP contribution in [0.2, 0.25) is 5.02 Å². The van der Waals surface area contributed by atoms with Crippen LogP contribution in [0.4, 0.5) is 19.3 Å². The second-order valence-electron chi connectivity index (χ2n) is 4.71. The van der Waals surface area contributed by atoms with Crippen LogP contribution in [0.5, 0.6) is 0 Å². The highest BCUT2D eigenvalue weighted by atomic mass is 35.5. The predicted octanol–water partition coefficient (Wildman–Crippen LogP) is 3.22. The third-order valence-corrected chi connectivity index (χ3v) is 3.75. The second kappa shape index (κ2) is 6.26. The van der Waals surface area contributed by atoms with Gasteiger partial charge in [0.25, 0.3) is 6.43 Å². The standard InChI is InChI=1S/C13H13ClF2N2O3/c14-10-8(11(15)16)2-1-3-9(10)17-13(21)18-5-4-7(6-18)12(19)20/h1-3,7,11H,4-6H2,(H,17,21)(H,19,20). The van der Waals surface area contributed by atoms with Gasteiger partial charge >= 0.3 is 12.0 Å². The molecule has 114 valence electrons. The van der Waals surface area contributed by atoms with Crippen LogP contribution in [-0.2, 0) is 4.79 Å². The number of carboxylic acid groups (broad SMARTS) is 1. The molecule has 1 aliphatic heterocycles. The van der Waals surface area contributed by atoms with E-state index in [-0.39, 0.29) is 22.8 Å². The molecule has 1 saturated heterocycles. The number of hydrogen-bond acceptors (Lipinski definition) is 2. The molecule has 5 nitrogen and oxygen atoms in total. The normalized spacial score (nSPS) is 18.1. The lowest BCUT2D eigenvalue weighted by molar-refractivity contribution is -0.141. The van der Waals surface area contributed by atoms with Crippen LogP contribution < -0.4 is 5.32 Å². The molecule has 1 atom stereocenters. The number of nitrogens with one attached hydrogen (secondary N) is 1. The number of halogens is 3. The van der Waals surface area contributed by atoms with Crippen LogP contribution in [0, 0.1) is 5.92 Å². The zero-order chi connectivity index (χ0) is 15.6. The number of urea groups is 1. The number of carboxylic acids is 1. The molecule has 1 aliphatic rings. The van der Waals surface area contributed by atoms with Gasteiger partial charge in [-0.15, -0.1) is 0 Å². The number of carbonyl (C=O) groups is 2. The summed E-state index contributed by atoms with van der Waals surface area (Å²) in [5.74, 6) is -1.55. The quantitative estimate of drug-likeness (QED) is 0.899. The van der Waals surface area contributed by atoms with Gasteiger partial charge in [-0.2, -0.15) is 0 Å². The van der Waals surface area contributed by atoms with E-state index in [0.29, 0.717) is 13.0 Å². The van der Waals surface area contributed by atoms with Gasteiger partial charge in [0.05, 0.1) is 16.6 Å². The summed E-state index contributed by atoms with van der Waals surface area (Å²) in [6.07, 6.45) is -2.37. The molecule has 0 aromatic heterocycles. The van der Waals surface area contributed by atoms with Crippen molar-refractivity contribution in [3.63, 3.8) is 0 Å². The molecular formula is C13H13ClF2N2O3. The number of likely N-dealkylation sites (tertiary alicyclic amines) is 1. The van der Waals surface area contributed by atoms with E-state index in [1.807, 2.05) is 0 Å². The van der Waals surface area contributed by atoms with E-state index in [2.05, 4.69) is 5.32 Å². The molecule has 2 N–H and O–H groups in total. The molecule has 21 heavy (non-hydrogen) atoms. The van der Waals surface area contributed by atoms with E-state index in [9.17, 15) is 18.4 Å². The summed E-state index contributed by atoms with van der Waals surface area (Å²) in [7, 11) is 0. The molecular weight excluding hydrogens is 306 g/mol. The largest absolute Gasteiger partial charge is 0.481 e. The fourth-order valence-electron chi connectivity index (χ4n) is 2.16. The third-order valence-electron chi connectivity index (χ3n) is 3.33. The summed E-state index contributed by atoms with van der Waals surface area (Å²) >= 11 is 5.83. The molecule has 1 unspecified atom stereocenters. The van der Waals surface area contributed by atoms with Crippen molar-refractivity contribution in [2.75, 3.05) is 18.4 Å². The van der Waals surface area contributed by atoms with E-state index in [4.69, 9.17) is 16.7 Å². The van der Waals surface area contributed by atoms with Gasteiger partial charge in [0.1, 0.15) is 0 Å². The topological polar surface area (TPSA) is 69.6 Å². The zero-order valence-corrected chi connectivity index (χ0v) is 11.6. The highest BCUT2D eigenvalue weighted by molar-refractivity contribution is 6.34. The Kier molecular flexibility index (Phi) is 4.62. The van der Waals surface area contributed by atoms with Crippen LogP contribution in [0.3, 0.4) is 0 Å². The monoisotopic (exact) mass is 318 g/mol. The fraction of sp³-hybridized carbons (Fsp3) is 0.385. The van der Waals surface area contributed by atoms with Gasteiger partial charge in [0.15, 0.2) is 0 Å². The van der Waals surface area contributed by atoms with Crippen molar-refractivity contribution in [2.24, 2.45) is 5.92 Å². The maximum Gasteiger partial charge on any atom is 0.321 e. The molecule has 0 bridgehead atoms. The summed E-state index contributed by atoms with van der Waals surface area (Å²) in [5.41, 5.74) is -0.280. The van der Waals surface area contributed by atoms with Crippen LogP contribution in [0.15, 0.2) is 18.2 Å². The highest BCUT2D eigenvalue weighted by Crippen LogP contribution is 2.33. The average molecular weight is 319 g/mol. The molecule has 1 fully saturated rings. The molecule has 0 radical (unpaired) electrons. The third kappa shape index (κ3) is 3.41. The molecule has 1 aromatic rings. The molecule has 1 aromatic carbocycles. The Balaban J connectivity index is 2.07. The van der Waals surface area contributed by atoms with Crippen LogP contribution in [0.1, 0.15) is 18.4 Å². The van der Waals surface area contributed by atoms with Crippen molar-refractivity contribution in [1.82, 2.24) is 4.90 Å². The van der Waals surface area contributed by atoms with Gasteiger partial charge in [0, 0.05) is 18.7 Å². The van der Waals surface area contributed by atoms with Gasteiger partial charge < -0.3 is 15.3 Å².